The first-order valence-electron chi connectivity index (χ1n) is 17.6. The summed E-state index contributed by atoms with van der Waals surface area (Å²) in [6.07, 6.45) is 16.6. The second-order valence-electron chi connectivity index (χ2n) is 12.9. The zero-order chi connectivity index (χ0) is 33.7. The lowest BCUT2D eigenvalue weighted by Gasteiger charge is -2.22. The zero-order valence-electron chi connectivity index (χ0n) is 28.2. The molecular formula is C48H40N2. The van der Waals surface area contributed by atoms with Crippen LogP contribution in [0.4, 0.5) is 11.4 Å². The van der Waals surface area contributed by atoms with Crippen molar-refractivity contribution in [3.05, 3.63) is 200 Å². The Morgan fingerprint density at radius 2 is 1.10 bits per heavy atom. The first-order chi connectivity index (χ1) is 24.8. The molecule has 1 aliphatic rings. The third-order valence-corrected chi connectivity index (χ3v) is 9.82. The van der Waals surface area contributed by atoms with Crippen LogP contribution in [0.3, 0.4) is 0 Å². The molecule has 1 heterocycles. The van der Waals surface area contributed by atoms with Crippen LogP contribution >= 0.6 is 0 Å². The van der Waals surface area contributed by atoms with Crippen LogP contribution in [0.1, 0.15) is 19.3 Å². The average molecular weight is 645 g/mol. The van der Waals surface area contributed by atoms with E-state index >= 15 is 0 Å². The number of nitrogens with zero attached hydrogens (tertiary/aromatic N) is 2. The van der Waals surface area contributed by atoms with Crippen molar-refractivity contribution in [1.82, 2.24) is 4.57 Å². The first-order valence-corrected chi connectivity index (χ1v) is 17.6. The molecule has 7 aromatic rings. The molecule has 1 aromatic heterocycles. The summed E-state index contributed by atoms with van der Waals surface area (Å²) in [4.78, 5) is 2.29. The highest BCUT2D eigenvalue weighted by Crippen LogP contribution is 2.34. The normalized spacial score (nSPS) is 13.5. The third kappa shape index (κ3) is 6.24. The number of anilines is 2. The largest absolute Gasteiger partial charge is 0.318 e. The molecule has 6 aromatic carbocycles. The molecule has 50 heavy (non-hydrogen) atoms. The van der Waals surface area contributed by atoms with Crippen LogP contribution in [0.15, 0.2) is 200 Å². The molecule has 2 heteroatoms. The number of hydrogen-bond donors (Lipinski definition) is 0. The van der Waals surface area contributed by atoms with E-state index in [0.717, 1.165) is 36.3 Å². The van der Waals surface area contributed by atoms with Gasteiger partial charge in [-0.05, 0) is 95.6 Å². The fourth-order valence-electron chi connectivity index (χ4n) is 7.17. The maximum absolute atomic E-state index is 4.15. The first kappa shape index (κ1) is 31.2. The highest BCUT2D eigenvalue weighted by molar-refractivity contribution is 6.09. The van der Waals surface area contributed by atoms with Crippen molar-refractivity contribution in [1.29, 1.82) is 0 Å². The highest BCUT2D eigenvalue weighted by Gasteiger charge is 2.13. The van der Waals surface area contributed by atoms with Crippen LogP contribution in [0.5, 0.6) is 0 Å². The van der Waals surface area contributed by atoms with Gasteiger partial charge in [0.05, 0.1) is 11.0 Å². The topological polar surface area (TPSA) is 8.17 Å². The second-order valence-corrected chi connectivity index (χ2v) is 12.9. The fraction of sp³-hybridized carbons (Fsp3) is 0.0833. The van der Waals surface area contributed by atoms with Crippen LogP contribution in [0.2, 0.25) is 0 Å². The van der Waals surface area contributed by atoms with Crippen LogP contribution in [0, 0.1) is 5.92 Å². The predicted molar refractivity (Wildman–Crippen MR) is 214 cm³/mol. The molecule has 0 amide bonds. The molecule has 1 unspecified atom stereocenters. The van der Waals surface area contributed by atoms with Gasteiger partial charge in [0, 0.05) is 40.0 Å². The Kier molecular flexibility index (Phi) is 8.83. The van der Waals surface area contributed by atoms with E-state index in [9.17, 15) is 0 Å². The summed E-state index contributed by atoms with van der Waals surface area (Å²) in [5, 5.41) is 2.55. The van der Waals surface area contributed by atoms with Gasteiger partial charge in [0.15, 0.2) is 0 Å². The number of benzene rings is 6. The Morgan fingerprint density at radius 1 is 0.580 bits per heavy atom. The fourth-order valence-corrected chi connectivity index (χ4v) is 7.17. The van der Waals surface area contributed by atoms with E-state index < -0.39 is 0 Å². The van der Waals surface area contributed by atoms with Crippen molar-refractivity contribution in [2.45, 2.75) is 19.3 Å². The molecule has 8 rings (SSSR count). The maximum atomic E-state index is 4.15. The summed E-state index contributed by atoms with van der Waals surface area (Å²) >= 11 is 0. The van der Waals surface area contributed by atoms with Crippen molar-refractivity contribution in [3.8, 4) is 27.9 Å². The van der Waals surface area contributed by atoms with Crippen molar-refractivity contribution < 1.29 is 0 Å². The monoisotopic (exact) mass is 644 g/mol. The Morgan fingerprint density at radius 3 is 1.64 bits per heavy atom. The molecule has 0 N–H and O–H groups in total. The average Bonchev–Trinajstić information content (AvgIpc) is 3.53. The quantitative estimate of drug-likeness (QED) is 0.135. The lowest BCUT2D eigenvalue weighted by molar-refractivity contribution is 0.779. The standard InChI is InChI=1S/C48H40N2/c1-2-36(37-14-5-3-6-15-37)18-13-35-49(42-29-23-39(24-30-42)38-16-7-4-8-17-38)43-31-25-40(26-32-43)41-27-33-44(34-28-41)50-47-21-11-9-19-45(47)46-20-10-12-22-48(46)50/h2,4-5,7-17,19-36H,1,3,6,18H2/b35-13+. The van der Waals surface area contributed by atoms with E-state index in [1.165, 1.54) is 49.6 Å². The van der Waals surface area contributed by atoms with Gasteiger partial charge in [-0.3, -0.25) is 0 Å². The van der Waals surface area contributed by atoms with E-state index in [4.69, 9.17) is 0 Å². The van der Waals surface area contributed by atoms with E-state index in [1.54, 1.807) is 0 Å². The number of allylic oxidation sites excluding steroid dienone is 6. The summed E-state index contributed by atoms with van der Waals surface area (Å²) in [6.45, 7) is 4.15. The van der Waals surface area contributed by atoms with Gasteiger partial charge >= 0.3 is 0 Å². The third-order valence-electron chi connectivity index (χ3n) is 9.82. The maximum Gasteiger partial charge on any atom is 0.0541 e. The van der Waals surface area contributed by atoms with Gasteiger partial charge in [-0.25, -0.2) is 0 Å². The van der Waals surface area contributed by atoms with E-state index in [2.05, 4.69) is 204 Å². The van der Waals surface area contributed by atoms with Crippen LogP contribution in [0.25, 0.3) is 49.7 Å². The van der Waals surface area contributed by atoms with Crippen molar-refractivity contribution in [2.24, 2.45) is 5.92 Å². The molecular weight excluding hydrogens is 605 g/mol. The molecule has 1 atom stereocenters. The van der Waals surface area contributed by atoms with Gasteiger partial charge in [0.25, 0.3) is 0 Å². The zero-order valence-corrected chi connectivity index (χ0v) is 28.2. The smallest absolute Gasteiger partial charge is 0.0541 e. The summed E-state index contributed by atoms with van der Waals surface area (Å²) in [5.41, 5.74) is 12.0. The van der Waals surface area contributed by atoms with E-state index in [0.29, 0.717) is 5.92 Å². The van der Waals surface area contributed by atoms with Crippen LogP contribution in [-0.2, 0) is 0 Å². The number of fused-ring (bicyclic) bond motifs is 3. The Bertz CT molecular complexity index is 2280. The Balaban J connectivity index is 1.08. The van der Waals surface area contributed by atoms with E-state index in [1.807, 2.05) is 0 Å². The number of rotatable bonds is 10. The van der Waals surface area contributed by atoms with Gasteiger partial charge in [-0.2, -0.15) is 0 Å². The Labute approximate surface area is 295 Å². The Hall–Kier alpha value is -6.12. The molecule has 0 bridgehead atoms. The minimum absolute atomic E-state index is 0.304. The summed E-state index contributed by atoms with van der Waals surface area (Å²) in [7, 11) is 0. The molecule has 0 saturated carbocycles. The lowest BCUT2D eigenvalue weighted by Crippen LogP contribution is -2.09. The molecule has 0 saturated heterocycles. The van der Waals surface area contributed by atoms with Crippen LogP contribution < -0.4 is 4.90 Å². The molecule has 242 valence electrons. The summed E-state index contributed by atoms with van der Waals surface area (Å²) in [5.74, 6) is 0.304. The minimum atomic E-state index is 0.304. The number of aromatic nitrogens is 1. The van der Waals surface area contributed by atoms with Crippen LogP contribution in [-0.4, -0.2) is 4.57 Å². The molecule has 1 aliphatic carbocycles. The van der Waals surface area contributed by atoms with Gasteiger partial charge in [-0.1, -0.05) is 134 Å². The van der Waals surface area contributed by atoms with Crippen molar-refractivity contribution in [2.75, 3.05) is 4.90 Å². The molecule has 0 aliphatic heterocycles. The van der Waals surface area contributed by atoms with E-state index in [-0.39, 0.29) is 0 Å². The number of para-hydroxylation sites is 2. The molecule has 0 spiro atoms. The van der Waals surface area contributed by atoms with Gasteiger partial charge in [-0.15, -0.1) is 6.58 Å². The number of hydrogen-bond acceptors (Lipinski definition) is 1. The molecule has 0 radical (unpaired) electrons. The highest BCUT2D eigenvalue weighted by atomic mass is 15.1. The van der Waals surface area contributed by atoms with Gasteiger partial charge in [0.2, 0.25) is 0 Å². The SMILES string of the molecule is C=CC(C/C=C/N(c1ccc(-c2ccccc2)cc1)c1ccc(-c2ccc(-n3c4ccccc4c4ccccc43)cc2)cc1)C1=CCCC=C1. The van der Waals surface area contributed by atoms with Gasteiger partial charge < -0.3 is 9.47 Å². The second kappa shape index (κ2) is 14.2. The lowest BCUT2D eigenvalue weighted by atomic mass is 9.91. The summed E-state index contributed by atoms with van der Waals surface area (Å²) in [6, 6.07) is 54.6. The minimum Gasteiger partial charge on any atom is -0.318 e. The summed E-state index contributed by atoms with van der Waals surface area (Å²) < 4.78 is 2.36. The van der Waals surface area contributed by atoms with Gasteiger partial charge in [0.1, 0.15) is 0 Å². The predicted octanol–water partition coefficient (Wildman–Crippen LogP) is 13.2. The molecule has 0 fully saturated rings. The molecule has 2 nitrogen and oxygen atoms in total. The van der Waals surface area contributed by atoms with Crippen molar-refractivity contribution >= 4 is 33.2 Å². The van der Waals surface area contributed by atoms with Crippen molar-refractivity contribution in [3.63, 3.8) is 0 Å².